The van der Waals surface area contributed by atoms with Crippen LogP contribution in [0.15, 0.2) is 12.1 Å². The topological polar surface area (TPSA) is 17.1 Å². The van der Waals surface area contributed by atoms with E-state index in [1.165, 1.54) is 5.56 Å². The van der Waals surface area contributed by atoms with Crippen molar-refractivity contribution in [3.8, 4) is 0 Å². The minimum atomic E-state index is 0.838. The van der Waals surface area contributed by atoms with Gasteiger partial charge in [0, 0.05) is 5.56 Å². The van der Waals surface area contributed by atoms with Gasteiger partial charge in [0.05, 0.1) is 0 Å². The molecule has 0 aliphatic heterocycles. The van der Waals surface area contributed by atoms with Crippen LogP contribution in [0.3, 0.4) is 0 Å². The fraction of sp³-hybridized carbons (Fsp3) is 0.300. The van der Waals surface area contributed by atoms with Gasteiger partial charge in [-0.1, -0.05) is 12.1 Å². The summed E-state index contributed by atoms with van der Waals surface area (Å²) < 4.78 is 0. The van der Waals surface area contributed by atoms with Gasteiger partial charge in [-0.15, -0.1) is 0 Å². The third kappa shape index (κ3) is 1.32. The van der Waals surface area contributed by atoms with E-state index >= 15 is 0 Å². The standard InChI is InChI=1S/C10H12O/c1-7-4-5-8(2)10(6-11)9(7)3/h4-6H,1-3H3. The summed E-state index contributed by atoms with van der Waals surface area (Å²) in [5.41, 5.74) is 4.17. The minimum absolute atomic E-state index is 0.838. The Morgan fingerprint density at radius 2 is 1.64 bits per heavy atom. The summed E-state index contributed by atoms with van der Waals surface area (Å²) in [4.78, 5) is 10.6. The van der Waals surface area contributed by atoms with Gasteiger partial charge in [-0.25, -0.2) is 0 Å². The number of hydrogen-bond donors (Lipinski definition) is 0. The molecule has 0 heterocycles. The van der Waals surface area contributed by atoms with Crippen LogP contribution in [0.25, 0.3) is 0 Å². The molecule has 0 radical (unpaired) electrons. The Hall–Kier alpha value is -1.11. The lowest BCUT2D eigenvalue weighted by Crippen LogP contribution is -1.93. The second-order valence-electron chi connectivity index (χ2n) is 2.86. The monoisotopic (exact) mass is 148 g/mol. The number of benzene rings is 1. The first-order chi connectivity index (χ1) is 5.16. The molecule has 0 atom stereocenters. The lowest BCUT2D eigenvalue weighted by molar-refractivity contribution is 0.112. The third-order valence-corrected chi connectivity index (χ3v) is 2.12. The molecule has 0 saturated heterocycles. The Bertz CT molecular complexity index is 287. The number of aldehydes is 1. The molecule has 1 aromatic rings. The number of hydrogen-bond acceptors (Lipinski definition) is 1. The van der Waals surface area contributed by atoms with E-state index in [1.807, 2.05) is 32.9 Å². The average Bonchev–Trinajstić information content (AvgIpc) is 1.99. The van der Waals surface area contributed by atoms with E-state index in [1.54, 1.807) is 0 Å². The Balaban J connectivity index is 3.40. The highest BCUT2D eigenvalue weighted by molar-refractivity contribution is 5.80. The van der Waals surface area contributed by atoms with Gasteiger partial charge in [0.1, 0.15) is 0 Å². The highest BCUT2D eigenvalue weighted by atomic mass is 16.1. The van der Waals surface area contributed by atoms with E-state index in [-0.39, 0.29) is 0 Å². The summed E-state index contributed by atoms with van der Waals surface area (Å²) in [6, 6.07) is 4.02. The molecule has 0 aromatic heterocycles. The van der Waals surface area contributed by atoms with Gasteiger partial charge in [0.15, 0.2) is 6.29 Å². The van der Waals surface area contributed by atoms with Gasteiger partial charge in [-0.3, -0.25) is 4.79 Å². The van der Waals surface area contributed by atoms with Crippen molar-refractivity contribution in [1.29, 1.82) is 0 Å². The van der Waals surface area contributed by atoms with Gasteiger partial charge in [-0.2, -0.15) is 0 Å². The fourth-order valence-electron chi connectivity index (χ4n) is 1.15. The molecule has 0 aliphatic rings. The van der Waals surface area contributed by atoms with Gasteiger partial charge in [-0.05, 0) is 37.5 Å². The normalized spacial score (nSPS) is 9.73. The molecule has 0 saturated carbocycles. The van der Waals surface area contributed by atoms with E-state index in [4.69, 9.17) is 0 Å². The summed E-state index contributed by atoms with van der Waals surface area (Å²) in [6.45, 7) is 5.95. The summed E-state index contributed by atoms with van der Waals surface area (Å²) in [5.74, 6) is 0. The molecular weight excluding hydrogens is 136 g/mol. The van der Waals surface area contributed by atoms with Crippen LogP contribution in [0.1, 0.15) is 27.0 Å². The largest absolute Gasteiger partial charge is 0.298 e. The Morgan fingerprint density at radius 3 is 2.09 bits per heavy atom. The van der Waals surface area contributed by atoms with E-state index in [0.29, 0.717) is 0 Å². The highest BCUT2D eigenvalue weighted by Crippen LogP contribution is 2.14. The second kappa shape index (κ2) is 2.87. The zero-order chi connectivity index (χ0) is 8.43. The molecule has 0 fully saturated rings. The van der Waals surface area contributed by atoms with E-state index < -0.39 is 0 Å². The van der Waals surface area contributed by atoms with Crippen molar-refractivity contribution in [1.82, 2.24) is 0 Å². The Kier molecular flexibility index (Phi) is 2.08. The third-order valence-electron chi connectivity index (χ3n) is 2.12. The van der Waals surface area contributed by atoms with Crippen LogP contribution in [-0.2, 0) is 0 Å². The zero-order valence-corrected chi connectivity index (χ0v) is 7.14. The quantitative estimate of drug-likeness (QED) is 0.559. The number of carbonyl (C=O) groups excluding carboxylic acids is 1. The summed E-state index contributed by atoms with van der Waals surface area (Å²) in [7, 11) is 0. The molecule has 1 aromatic carbocycles. The molecule has 0 aliphatic carbocycles. The van der Waals surface area contributed by atoms with E-state index in [9.17, 15) is 4.79 Å². The Labute approximate surface area is 67.1 Å². The van der Waals surface area contributed by atoms with Crippen molar-refractivity contribution in [3.63, 3.8) is 0 Å². The Morgan fingerprint density at radius 1 is 1.09 bits per heavy atom. The molecule has 1 heteroatoms. The van der Waals surface area contributed by atoms with Crippen LogP contribution in [0, 0.1) is 20.8 Å². The zero-order valence-electron chi connectivity index (χ0n) is 7.14. The van der Waals surface area contributed by atoms with Gasteiger partial charge in [0.25, 0.3) is 0 Å². The van der Waals surface area contributed by atoms with Crippen molar-refractivity contribution in [3.05, 3.63) is 34.4 Å². The van der Waals surface area contributed by atoms with Crippen LogP contribution in [-0.4, -0.2) is 6.29 Å². The summed E-state index contributed by atoms with van der Waals surface area (Å²) in [6.07, 6.45) is 0.928. The maximum Gasteiger partial charge on any atom is 0.150 e. The molecule has 0 unspecified atom stereocenters. The minimum Gasteiger partial charge on any atom is -0.298 e. The number of aryl methyl sites for hydroxylation is 2. The second-order valence-corrected chi connectivity index (χ2v) is 2.86. The van der Waals surface area contributed by atoms with Crippen LogP contribution >= 0.6 is 0 Å². The fourth-order valence-corrected chi connectivity index (χ4v) is 1.15. The van der Waals surface area contributed by atoms with Gasteiger partial charge >= 0.3 is 0 Å². The molecule has 11 heavy (non-hydrogen) atoms. The molecule has 0 spiro atoms. The predicted octanol–water partition coefficient (Wildman–Crippen LogP) is 2.42. The first-order valence-corrected chi connectivity index (χ1v) is 3.69. The van der Waals surface area contributed by atoms with Gasteiger partial charge < -0.3 is 0 Å². The van der Waals surface area contributed by atoms with Crippen molar-refractivity contribution >= 4 is 6.29 Å². The molecule has 0 N–H and O–H groups in total. The van der Waals surface area contributed by atoms with Crippen LogP contribution in [0.2, 0.25) is 0 Å². The maximum atomic E-state index is 10.6. The molecule has 1 nitrogen and oxygen atoms in total. The van der Waals surface area contributed by atoms with E-state index in [2.05, 4.69) is 0 Å². The summed E-state index contributed by atoms with van der Waals surface area (Å²) >= 11 is 0. The van der Waals surface area contributed by atoms with Crippen LogP contribution in [0.4, 0.5) is 0 Å². The molecule has 0 bridgehead atoms. The predicted molar refractivity (Wildman–Crippen MR) is 46.0 cm³/mol. The molecule has 0 amide bonds. The molecule has 1 rings (SSSR count). The van der Waals surface area contributed by atoms with Gasteiger partial charge in [0.2, 0.25) is 0 Å². The van der Waals surface area contributed by atoms with Crippen LogP contribution in [0.5, 0.6) is 0 Å². The summed E-state index contributed by atoms with van der Waals surface area (Å²) in [5, 5.41) is 0. The lowest BCUT2D eigenvalue weighted by atomic mass is 10.00. The first kappa shape index (κ1) is 7.99. The maximum absolute atomic E-state index is 10.6. The lowest BCUT2D eigenvalue weighted by Gasteiger charge is -2.05. The molecular formula is C10H12O. The van der Waals surface area contributed by atoms with Crippen molar-refractivity contribution in [2.45, 2.75) is 20.8 Å². The smallest absolute Gasteiger partial charge is 0.150 e. The number of rotatable bonds is 1. The highest BCUT2D eigenvalue weighted by Gasteiger charge is 2.01. The first-order valence-electron chi connectivity index (χ1n) is 3.69. The number of carbonyl (C=O) groups is 1. The SMILES string of the molecule is Cc1ccc(C)c(C=O)c1C. The van der Waals surface area contributed by atoms with Crippen molar-refractivity contribution in [2.24, 2.45) is 0 Å². The van der Waals surface area contributed by atoms with Crippen molar-refractivity contribution < 1.29 is 4.79 Å². The van der Waals surface area contributed by atoms with E-state index in [0.717, 1.165) is 23.0 Å². The van der Waals surface area contributed by atoms with Crippen molar-refractivity contribution in [2.75, 3.05) is 0 Å². The molecule has 58 valence electrons. The van der Waals surface area contributed by atoms with Crippen LogP contribution < -0.4 is 0 Å². The average molecular weight is 148 g/mol.